The Bertz CT molecular complexity index is 192. The van der Waals surface area contributed by atoms with Crippen molar-refractivity contribution in [1.82, 2.24) is 5.32 Å². The van der Waals surface area contributed by atoms with E-state index in [0.29, 0.717) is 19.8 Å². The van der Waals surface area contributed by atoms with E-state index >= 15 is 0 Å². The van der Waals surface area contributed by atoms with E-state index in [0.717, 1.165) is 12.8 Å². The van der Waals surface area contributed by atoms with Gasteiger partial charge in [-0.25, -0.2) is 0 Å². The summed E-state index contributed by atoms with van der Waals surface area (Å²) in [6.45, 7) is 1.55. The van der Waals surface area contributed by atoms with Gasteiger partial charge in [0.05, 0.1) is 18.8 Å². The molecule has 0 aromatic carbocycles. The van der Waals surface area contributed by atoms with Gasteiger partial charge in [0.15, 0.2) is 0 Å². The molecule has 14 heavy (non-hydrogen) atoms. The third kappa shape index (κ3) is 3.61. The summed E-state index contributed by atoms with van der Waals surface area (Å²) >= 11 is 0. The number of ether oxygens (including phenoxy) is 2. The predicted octanol–water partition coefficient (Wildman–Crippen LogP) is -0.743. The maximum atomic E-state index is 11.3. The Hall–Kier alpha value is -0.650. The molecule has 0 atom stereocenters. The van der Waals surface area contributed by atoms with Crippen LogP contribution in [-0.2, 0) is 14.3 Å². The van der Waals surface area contributed by atoms with Crippen molar-refractivity contribution >= 4 is 5.91 Å². The van der Waals surface area contributed by atoms with Gasteiger partial charge in [-0.15, -0.1) is 0 Å². The predicted molar refractivity (Wildman–Crippen MR) is 51.9 cm³/mol. The Labute approximate surface area is 83.9 Å². The molecule has 1 saturated carbocycles. The number of carbonyl (C=O) groups is 1. The molecule has 0 aromatic rings. The zero-order valence-corrected chi connectivity index (χ0v) is 8.54. The van der Waals surface area contributed by atoms with Gasteiger partial charge in [0.1, 0.15) is 6.61 Å². The molecule has 1 aliphatic rings. The van der Waals surface area contributed by atoms with E-state index < -0.39 is 0 Å². The van der Waals surface area contributed by atoms with Crippen molar-refractivity contribution in [2.24, 2.45) is 5.73 Å². The number of nitrogens with one attached hydrogen (secondary N) is 1. The van der Waals surface area contributed by atoms with Crippen molar-refractivity contribution in [2.45, 2.75) is 18.4 Å². The fourth-order valence-corrected chi connectivity index (χ4v) is 1.17. The maximum absolute atomic E-state index is 11.3. The van der Waals surface area contributed by atoms with Crippen LogP contribution in [0.2, 0.25) is 0 Å². The maximum Gasteiger partial charge on any atom is 0.246 e. The first-order valence-corrected chi connectivity index (χ1v) is 4.80. The second-order valence-electron chi connectivity index (χ2n) is 3.58. The fourth-order valence-electron chi connectivity index (χ4n) is 1.17. The van der Waals surface area contributed by atoms with Gasteiger partial charge in [0.25, 0.3) is 0 Å². The van der Waals surface area contributed by atoms with E-state index in [9.17, 15) is 4.79 Å². The van der Waals surface area contributed by atoms with Crippen LogP contribution in [0.3, 0.4) is 0 Å². The molecule has 0 spiro atoms. The molecule has 1 rings (SSSR count). The van der Waals surface area contributed by atoms with E-state index in [-0.39, 0.29) is 18.1 Å². The van der Waals surface area contributed by atoms with Crippen molar-refractivity contribution in [3.8, 4) is 0 Å². The molecule has 0 radical (unpaired) electrons. The molecule has 0 saturated heterocycles. The second kappa shape index (κ2) is 5.29. The molecule has 3 N–H and O–H groups in total. The second-order valence-corrected chi connectivity index (χ2v) is 3.58. The molecule has 0 aromatic heterocycles. The molecule has 5 nitrogen and oxygen atoms in total. The zero-order valence-electron chi connectivity index (χ0n) is 8.54. The quantitative estimate of drug-likeness (QED) is 0.533. The van der Waals surface area contributed by atoms with Crippen LogP contribution in [0.1, 0.15) is 12.8 Å². The van der Waals surface area contributed by atoms with Crippen LogP contribution in [0.5, 0.6) is 0 Å². The average Bonchev–Trinajstić information content (AvgIpc) is 2.93. The van der Waals surface area contributed by atoms with Gasteiger partial charge in [0, 0.05) is 13.7 Å². The number of nitrogens with two attached hydrogens (primary N) is 1. The summed E-state index contributed by atoms with van der Waals surface area (Å²) in [5, 5.41) is 2.86. The average molecular weight is 202 g/mol. The molecule has 0 bridgehead atoms. The van der Waals surface area contributed by atoms with Gasteiger partial charge < -0.3 is 20.5 Å². The highest BCUT2D eigenvalue weighted by Crippen LogP contribution is 2.33. The lowest BCUT2D eigenvalue weighted by molar-refractivity contribution is -0.127. The highest BCUT2D eigenvalue weighted by molar-refractivity contribution is 5.78. The smallest absolute Gasteiger partial charge is 0.246 e. The Morgan fingerprint density at radius 2 is 2.21 bits per heavy atom. The van der Waals surface area contributed by atoms with Gasteiger partial charge in [-0.1, -0.05) is 0 Å². The first-order valence-electron chi connectivity index (χ1n) is 4.80. The topological polar surface area (TPSA) is 73.6 Å². The van der Waals surface area contributed by atoms with E-state index in [1.807, 2.05) is 0 Å². The van der Waals surface area contributed by atoms with Gasteiger partial charge in [0.2, 0.25) is 5.91 Å². The molecule has 1 fully saturated rings. The molecule has 0 unspecified atom stereocenters. The van der Waals surface area contributed by atoms with Crippen molar-refractivity contribution in [3.05, 3.63) is 0 Å². The largest absolute Gasteiger partial charge is 0.382 e. The highest BCUT2D eigenvalue weighted by atomic mass is 16.5. The summed E-state index contributed by atoms with van der Waals surface area (Å²) in [5.41, 5.74) is 5.39. The minimum atomic E-state index is -0.123. The highest BCUT2D eigenvalue weighted by Gasteiger charge is 2.42. The normalized spacial score (nSPS) is 17.9. The van der Waals surface area contributed by atoms with Crippen LogP contribution in [0, 0.1) is 0 Å². The van der Waals surface area contributed by atoms with Crippen molar-refractivity contribution in [2.75, 3.05) is 33.5 Å². The number of carbonyl (C=O) groups excluding carboxylic acids is 1. The summed E-state index contributed by atoms with van der Waals surface area (Å²) in [6, 6.07) is 0. The first-order chi connectivity index (χ1) is 6.72. The van der Waals surface area contributed by atoms with Crippen LogP contribution < -0.4 is 11.1 Å². The lowest BCUT2D eigenvalue weighted by Crippen LogP contribution is -2.44. The number of methoxy groups -OCH3 is 1. The number of hydrogen-bond donors (Lipinski definition) is 2. The number of amides is 1. The fraction of sp³-hybridized carbons (Fsp3) is 0.889. The third-order valence-corrected chi connectivity index (χ3v) is 2.31. The summed E-state index contributed by atoms with van der Waals surface area (Å²) in [5.74, 6) is -0.0935. The third-order valence-electron chi connectivity index (χ3n) is 2.31. The molecule has 82 valence electrons. The molecular weight excluding hydrogens is 184 g/mol. The van der Waals surface area contributed by atoms with Crippen molar-refractivity contribution in [3.63, 3.8) is 0 Å². The number of rotatable bonds is 7. The first kappa shape index (κ1) is 11.4. The van der Waals surface area contributed by atoms with Gasteiger partial charge in [-0.05, 0) is 12.8 Å². The molecule has 1 aliphatic carbocycles. The standard InChI is InChI=1S/C9H18N2O3/c1-13-4-5-14-6-8(12)11-9(7-10)2-3-9/h2-7,10H2,1H3,(H,11,12). The molecule has 0 heterocycles. The summed E-state index contributed by atoms with van der Waals surface area (Å²) in [6.07, 6.45) is 1.96. The molecule has 1 amide bonds. The summed E-state index contributed by atoms with van der Waals surface area (Å²) in [7, 11) is 1.59. The minimum absolute atomic E-state index is 0.0884. The van der Waals surface area contributed by atoms with Gasteiger partial charge >= 0.3 is 0 Å². The van der Waals surface area contributed by atoms with Gasteiger partial charge in [-0.3, -0.25) is 4.79 Å². The van der Waals surface area contributed by atoms with E-state index in [2.05, 4.69) is 5.32 Å². The summed E-state index contributed by atoms with van der Waals surface area (Å²) < 4.78 is 9.86. The molecule has 5 heteroatoms. The summed E-state index contributed by atoms with van der Waals surface area (Å²) in [4.78, 5) is 11.3. The zero-order chi connectivity index (χ0) is 10.4. The van der Waals surface area contributed by atoms with Crippen LogP contribution in [0.25, 0.3) is 0 Å². The lowest BCUT2D eigenvalue weighted by atomic mass is 10.3. The Morgan fingerprint density at radius 3 is 2.71 bits per heavy atom. The van der Waals surface area contributed by atoms with Crippen molar-refractivity contribution in [1.29, 1.82) is 0 Å². The van der Waals surface area contributed by atoms with E-state index in [1.165, 1.54) is 0 Å². The Balaban J connectivity index is 2.04. The van der Waals surface area contributed by atoms with Crippen LogP contribution in [-0.4, -0.2) is 44.9 Å². The monoisotopic (exact) mass is 202 g/mol. The molecular formula is C9H18N2O3. The SMILES string of the molecule is COCCOCC(=O)NC1(CN)CC1. The lowest BCUT2D eigenvalue weighted by Gasteiger charge is -2.14. The van der Waals surface area contributed by atoms with E-state index in [4.69, 9.17) is 15.2 Å². The Kier molecular flexibility index (Phi) is 4.31. The van der Waals surface area contributed by atoms with Crippen LogP contribution in [0.15, 0.2) is 0 Å². The Morgan fingerprint density at radius 1 is 1.50 bits per heavy atom. The van der Waals surface area contributed by atoms with E-state index in [1.54, 1.807) is 7.11 Å². The molecule has 0 aliphatic heterocycles. The number of hydrogen-bond acceptors (Lipinski definition) is 4. The van der Waals surface area contributed by atoms with Crippen LogP contribution >= 0.6 is 0 Å². The van der Waals surface area contributed by atoms with Crippen molar-refractivity contribution < 1.29 is 14.3 Å². The van der Waals surface area contributed by atoms with Gasteiger partial charge in [-0.2, -0.15) is 0 Å². The minimum Gasteiger partial charge on any atom is -0.382 e. The van der Waals surface area contributed by atoms with Crippen LogP contribution in [0.4, 0.5) is 0 Å².